The van der Waals surface area contributed by atoms with Gasteiger partial charge < -0.3 is 14.8 Å². The molecule has 5 atom stereocenters. The molecule has 0 radical (unpaired) electrons. The van der Waals surface area contributed by atoms with Crippen LogP contribution in [0.25, 0.3) is 0 Å². The topological polar surface area (TPSA) is 102 Å². The Bertz CT molecular complexity index is 879. The van der Waals surface area contributed by atoms with Crippen molar-refractivity contribution in [1.29, 1.82) is 0 Å². The van der Waals surface area contributed by atoms with Crippen LogP contribution in [0.5, 0.6) is 5.75 Å². The van der Waals surface area contributed by atoms with Gasteiger partial charge in [0.15, 0.2) is 6.61 Å². The normalized spacial score (nSPS) is 27.2. The SMILES string of the molecule is CCOc1ccc(NC(=O)COC(=O)[C@H](C)N2C(=O)[C@@H]3[C@@H](C2=O)[C@H]2C=C[C@H]3C2)cc1. The fourth-order valence-electron chi connectivity index (χ4n) is 4.67. The van der Waals surface area contributed by atoms with E-state index in [1.807, 2.05) is 19.1 Å². The lowest BCUT2D eigenvalue weighted by Gasteiger charge is -2.23. The van der Waals surface area contributed by atoms with E-state index in [1.54, 1.807) is 24.3 Å². The van der Waals surface area contributed by atoms with Crippen LogP contribution in [-0.4, -0.2) is 47.8 Å². The molecule has 3 amide bonds. The molecule has 1 heterocycles. The molecular formula is C22H24N2O6. The average molecular weight is 412 g/mol. The van der Waals surface area contributed by atoms with Crippen molar-refractivity contribution in [3.8, 4) is 5.75 Å². The highest BCUT2D eigenvalue weighted by Crippen LogP contribution is 2.52. The number of ether oxygens (including phenoxy) is 2. The van der Waals surface area contributed by atoms with Crippen molar-refractivity contribution in [2.45, 2.75) is 26.3 Å². The standard InChI is InChI=1S/C22H24N2O6/c1-3-29-16-8-6-15(7-9-16)23-17(25)11-30-22(28)12(2)24-20(26)18-13-4-5-14(10-13)19(18)21(24)27/h4-9,12-14,18-19H,3,10-11H2,1-2H3,(H,23,25)/t12-,13-,14-,18-,19-/m0/s1. The number of likely N-dealkylation sites (tertiary alicyclic amines) is 1. The lowest BCUT2D eigenvalue weighted by Crippen LogP contribution is -2.45. The second-order valence-electron chi connectivity index (χ2n) is 7.84. The van der Waals surface area contributed by atoms with E-state index in [4.69, 9.17) is 9.47 Å². The molecule has 2 bridgehead atoms. The maximum absolute atomic E-state index is 12.8. The zero-order valence-electron chi connectivity index (χ0n) is 16.9. The van der Waals surface area contributed by atoms with Crippen LogP contribution in [0.2, 0.25) is 0 Å². The van der Waals surface area contributed by atoms with Crippen molar-refractivity contribution >= 4 is 29.4 Å². The number of esters is 1. The summed E-state index contributed by atoms with van der Waals surface area (Å²) in [6.07, 6.45) is 4.81. The Morgan fingerprint density at radius 1 is 1.10 bits per heavy atom. The van der Waals surface area contributed by atoms with E-state index in [1.165, 1.54) is 6.92 Å². The molecule has 1 aliphatic heterocycles. The quantitative estimate of drug-likeness (QED) is 0.416. The summed E-state index contributed by atoms with van der Waals surface area (Å²) in [5.74, 6) is -1.83. The predicted molar refractivity (Wildman–Crippen MR) is 106 cm³/mol. The number of fused-ring (bicyclic) bond motifs is 5. The van der Waals surface area contributed by atoms with Gasteiger partial charge in [-0.25, -0.2) is 4.79 Å². The number of nitrogens with one attached hydrogen (secondary N) is 1. The molecular weight excluding hydrogens is 388 g/mol. The summed E-state index contributed by atoms with van der Waals surface area (Å²) in [4.78, 5) is 51.0. The van der Waals surface area contributed by atoms with Gasteiger partial charge in [-0.1, -0.05) is 12.2 Å². The van der Waals surface area contributed by atoms with E-state index in [2.05, 4.69) is 5.32 Å². The van der Waals surface area contributed by atoms with Crippen LogP contribution < -0.4 is 10.1 Å². The number of rotatable bonds is 7. The Morgan fingerprint density at radius 2 is 1.70 bits per heavy atom. The highest BCUT2D eigenvalue weighted by molar-refractivity contribution is 6.09. The first-order valence-electron chi connectivity index (χ1n) is 10.1. The molecule has 1 N–H and O–H groups in total. The van der Waals surface area contributed by atoms with Gasteiger partial charge in [-0.05, 0) is 56.4 Å². The Morgan fingerprint density at radius 3 is 2.27 bits per heavy atom. The van der Waals surface area contributed by atoms with Gasteiger partial charge >= 0.3 is 5.97 Å². The summed E-state index contributed by atoms with van der Waals surface area (Å²) in [7, 11) is 0. The Kier molecular flexibility index (Phi) is 5.32. The molecule has 1 aromatic carbocycles. The minimum Gasteiger partial charge on any atom is -0.494 e. The number of carbonyl (C=O) groups is 4. The van der Waals surface area contributed by atoms with E-state index in [-0.39, 0.29) is 35.5 Å². The Hall–Kier alpha value is -3.16. The van der Waals surface area contributed by atoms with E-state index in [0.29, 0.717) is 18.0 Å². The third-order valence-electron chi connectivity index (χ3n) is 6.03. The fraction of sp³-hybridized carbons (Fsp3) is 0.455. The molecule has 1 saturated carbocycles. The summed E-state index contributed by atoms with van der Waals surface area (Å²) in [6, 6.07) is 5.73. The molecule has 0 aromatic heterocycles. The third kappa shape index (κ3) is 3.46. The van der Waals surface area contributed by atoms with Gasteiger partial charge in [0.05, 0.1) is 18.4 Å². The number of imide groups is 1. The molecule has 8 heteroatoms. The number of carbonyl (C=O) groups excluding carboxylic acids is 4. The van der Waals surface area contributed by atoms with Crippen LogP contribution in [0.15, 0.2) is 36.4 Å². The van der Waals surface area contributed by atoms with Crippen LogP contribution in [0.4, 0.5) is 5.69 Å². The molecule has 158 valence electrons. The molecule has 0 unspecified atom stereocenters. The third-order valence-corrected chi connectivity index (χ3v) is 6.03. The zero-order valence-corrected chi connectivity index (χ0v) is 16.9. The second kappa shape index (κ2) is 7.93. The van der Waals surface area contributed by atoms with Crippen molar-refractivity contribution in [3.05, 3.63) is 36.4 Å². The van der Waals surface area contributed by atoms with Crippen molar-refractivity contribution < 1.29 is 28.7 Å². The maximum atomic E-state index is 12.8. The molecule has 0 spiro atoms. The van der Waals surface area contributed by atoms with E-state index in [0.717, 1.165) is 11.3 Å². The van der Waals surface area contributed by atoms with Crippen LogP contribution in [-0.2, 0) is 23.9 Å². The van der Waals surface area contributed by atoms with Crippen LogP contribution in [0.3, 0.4) is 0 Å². The number of allylic oxidation sites excluding steroid dienone is 2. The van der Waals surface area contributed by atoms with Gasteiger partial charge in [0, 0.05) is 5.69 Å². The smallest absolute Gasteiger partial charge is 0.329 e. The van der Waals surface area contributed by atoms with Gasteiger partial charge in [-0.15, -0.1) is 0 Å². The number of nitrogens with zero attached hydrogens (tertiary/aromatic N) is 1. The summed E-state index contributed by atoms with van der Waals surface area (Å²) in [6.45, 7) is 3.37. The molecule has 1 aromatic rings. The Balaban J connectivity index is 1.30. The van der Waals surface area contributed by atoms with Gasteiger partial charge in [0.1, 0.15) is 11.8 Å². The van der Waals surface area contributed by atoms with Gasteiger partial charge in [-0.2, -0.15) is 0 Å². The summed E-state index contributed by atoms with van der Waals surface area (Å²) in [5.41, 5.74) is 0.535. The highest BCUT2D eigenvalue weighted by atomic mass is 16.5. The van der Waals surface area contributed by atoms with Crippen LogP contribution >= 0.6 is 0 Å². The first-order valence-corrected chi connectivity index (χ1v) is 10.1. The lowest BCUT2D eigenvalue weighted by molar-refractivity contribution is -0.159. The number of amides is 3. The van der Waals surface area contributed by atoms with Crippen molar-refractivity contribution in [2.75, 3.05) is 18.5 Å². The molecule has 2 fully saturated rings. The summed E-state index contributed by atoms with van der Waals surface area (Å²) in [5, 5.41) is 2.62. The first-order chi connectivity index (χ1) is 14.4. The lowest BCUT2D eigenvalue weighted by atomic mass is 9.85. The molecule has 30 heavy (non-hydrogen) atoms. The number of anilines is 1. The van der Waals surface area contributed by atoms with Gasteiger partial charge in [0.2, 0.25) is 11.8 Å². The zero-order chi connectivity index (χ0) is 21.4. The minimum absolute atomic E-state index is 0.0737. The van der Waals surface area contributed by atoms with Crippen molar-refractivity contribution in [2.24, 2.45) is 23.7 Å². The average Bonchev–Trinajstić information content (AvgIpc) is 3.41. The van der Waals surface area contributed by atoms with E-state index >= 15 is 0 Å². The monoisotopic (exact) mass is 412 g/mol. The van der Waals surface area contributed by atoms with Crippen molar-refractivity contribution in [3.63, 3.8) is 0 Å². The van der Waals surface area contributed by atoms with Gasteiger partial charge in [0.25, 0.3) is 5.91 Å². The van der Waals surface area contributed by atoms with Crippen LogP contribution in [0, 0.1) is 23.7 Å². The summed E-state index contributed by atoms with van der Waals surface area (Å²) >= 11 is 0. The van der Waals surface area contributed by atoms with Crippen molar-refractivity contribution in [1.82, 2.24) is 4.90 Å². The molecule has 1 saturated heterocycles. The van der Waals surface area contributed by atoms with E-state index in [9.17, 15) is 19.2 Å². The van der Waals surface area contributed by atoms with Crippen LogP contribution in [0.1, 0.15) is 20.3 Å². The summed E-state index contributed by atoms with van der Waals surface area (Å²) < 4.78 is 10.4. The maximum Gasteiger partial charge on any atom is 0.329 e. The molecule has 4 rings (SSSR count). The minimum atomic E-state index is -1.06. The van der Waals surface area contributed by atoms with E-state index < -0.39 is 24.5 Å². The highest BCUT2D eigenvalue weighted by Gasteiger charge is 2.60. The molecule has 2 aliphatic carbocycles. The largest absolute Gasteiger partial charge is 0.494 e. The molecule has 8 nitrogen and oxygen atoms in total. The number of hydrogen-bond donors (Lipinski definition) is 1. The predicted octanol–water partition coefficient (Wildman–Crippen LogP) is 1.76. The second-order valence-corrected chi connectivity index (χ2v) is 7.84. The first kappa shape index (κ1) is 20.1. The molecule has 3 aliphatic rings. The Labute approximate surface area is 174 Å². The number of benzene rings is 1. The fourth-order valence-corrected chi connectivity index (χ4v) is 4.67. The van der Waals surface area contributed by atoms with Gasteiger partial charge in [-0.3, -0.25) is 19.3 Å². The number of hydrogen-bond acceptors (Lipinski definition) is 6.